The Bertz CT molecular complexity index is 333. The van der Waals surface area contributed by atoms with E-state index in [0.29, 0.717) is 5.41 Å². The molecule has 1 fully saturated rings. The van der Waals surface area contributed by atoms with Gasteiger partial charge in [0.05, 0.1) is 7.11 Å². The minimum atomic E-state index is 0.320. The maximum Gasteiger partial charge on any atom is 0.118 e. The topological polar surface area (TPSA) is 12.5 Å². The van der Waals surface area contributed by atoms with Crippen LogP contribution in [-0.4, -0.2) is 32.1 Å². The smallest absolute Gasteiger partial charge is 0.118 e. The summed E-state index contributed by atoms with van der Waals surface area (Å²) >= 11 is 0. The molecule has 0 aliphatic carbocycles. The van der Waals surface area contributed by atoms with Crippen LogP contribution in [0.1, 0.15) is 18.9 Å². The van der Waals surface area contributed by atoms with Crippen molar-refractivity contribution >= 4 is 0 Å². The number of hydrogen-bond donors (Lipinski definition) is 0. The molecule has 2 rings (SSSR count). The van der Waals surface area contributed by atoms with E-state index in [1.165, 1.54) is 18.5 Å². The van der Waals surface area contributed by atoms with E-state index in [1.807, 2.05) is 0 Å². The summed E-state index contributed by atoms with van der Waals surface area (Å²) in [5.74, 6) is 0.939. The van der Waals surface area contributed by atoms with Crippen LogP contribution >= 0.6 is 0 Å². The second-order valence-corrected chi connectivity index (χ2v) is 4.78. The summed E-state index contributed by atoms with van der Waals surface area (Å²) in [6, 6.07) is 8.49. The quantitative estimate of drug-likeness (QED) is 0.734. The summed E-state index contributed by atoms with van der Waals surface area (Å²) < 4.78 is 5.18. The Morgan fingerprint density at radius 3 is 2.40 bits per heavy atom. The first-order valence-corrected chi connectivity index (χ1v) is 5.47. The van der Waals surface area contributed by atoms with E-state index in [2.05, 4.69) is 43.1 Å². The zero-order chi connectivity index (χ0) is 10.9. The minimum absolute atomic E-state index is 0.320. The van der Waals surface area contributed by atoms with Crippen molar-refractivity contribution in [2.45, 2.75) is 18.8 Å². The first-order valence-electron chi connectivity index (χ1n) is 5.47. The summed E-state index contributed by atoms with van der Waals surface area (Å²) in [7, 11) is 3.90. The number of likely N-dealkylation sites (N-methyl/N-ethyl adjacent to an activating group) is 1. The van der Waals surface area contributed by atoms with Crippen LogP contribution in [0, 0.1) is 0 Å². The lowest BCUT2D eigenvalue weighted by atomic mass is 9.82. The molecule has 0 amide bonds. The van der Waals surface area contributed by atoms with Gasteiger partial charge < -0.3 is 9.64 Å². The number of benzene rings is 1. The number of nitrogens with zero attached hydrogens (tertiary/aromatic N) is 1. The molecular weight excluding hydrogens is 186 g/mol. The van der Waals surface area contributed by atoms with Crippen LogP contribution in [0.15, 0.2) is 24.3 Å². The highest BCUT2D eigenvalue weighted by Gasteiger charge is 2.33. The molecule has 0 radical (unpaired) electrons. The van der Waals surface area contributed by atoms with Crippen molar-refractivity contribution in [3.8, 4) is 5.75 Å². The van der Waals surface area contributed by atoms with Crippen molar-refractivity contribution in [2.24, 2.45) is 0 Å². The molecule has 1 saturated heterocycles. The van der Waals surface area contributed by atoms with Crippen molar-refractivity contribution in [3.63, 3.8) is 0 Å². The number of likely N-dealkylation sites (tertiary alicyclic amines) is 1. The third kappa shape index (κ3) is 2.00. The highest BCUT2D eigenvalue weighted by molar-refractivity contribution is 5.33. The molecule has 2 nitrogen and oxygen atoms in total. The number of methoxy groups -OCH3 is 1. The van der Waals surface area contributed by atoms with Crippen molar-refractivity contribution < 1.29 is 4.74 Å². The molecule has 1 unspecified atom stereocenters. The van der Waals surface area contributed by atoms with Gasteiger partial charge in [-0.3, -0.25) is 0 Å². The number of rotatable bonds is 2. The van der Waals surface area contributed by atoms with Gasteiger partial charge in [-0.2, -0.15) is 0 Å². The zero-order valence-corrected chi connectivity index (χ0v) is 9.79. The van der Waals surface area contributed by atoms with Crippen molar-refractivity contribution in [3.05, 3.63) is 29.8 Å². The van der Waals surface area contributed by atoms with Crippen LogP contribution < -0.4 is 4.74 Å². The Balaban J connectivity index is 2.22. The van der Waals surface area contributed by atoms with Gasteiger partial charge in [-0.1, -0.05) is 19.1 Å². The fraction of sp³-hybridized carbons (Fsp3) is 0.538. The van der Waals surface area contributed by atoms with E-state index in [9.17, 15) is 0 Å². The summed E-state index contributed by atoms with van der Waals surface area (Å²) in [6.45, 7) is 4.69. The van der Waals surface area contributed by atoms with Gasteiger partial charge in [0.1, 0.15) is 5.75 Å². The first kappa shape index (κ1) is 10.5. The van der Waals surface area contributed by atoms with Gasteiger partial charge in [0.2, 0.25) is 0 Å². The van der Waals surface area contributed by atoms with E-state index in [-0.39, 0.29) is 0 Å². The van der Waals surface area contributed by atoms with Gasteiger partial charge in [0.15, 0.2) is 0 Å². The fourth-order valence-corrected chi connectivity index (χ4v) is 2.42. The molecule has 1 heterocycles. The second kappa shape index (κ2) is 3.86. The molecule has 0 bridgehead atoms. The van der Waals surface area contributed by atoms with Crippen LogP contribution in [0.4, 0.5) is 0 Å². The molecule has 15 heavy (non-hydrogen) atoms. The number of hydrogen-bond acceptors (Lipinski definition) is 2. The average Bonchev–Trinajstić information content (AvgIpc) is 2.60. The summed E-state index contributed by atoms with van der Waals surface area (Å²) in [5.41, 5.74) is 1.74. The van der Waals surface area contributed by atoms with Gasteiger partial charge in [-0.25, -0.2) is 0 Å². The Hall–Kier alpha value is -1.02. The largest absolute Gasteiger partial charge is 0.497 e. The average molecular weight is 205 g/mol. The molecule has 0 N–H and O–H groups in total. The summed E-state index contributed by atoms with van der Waals surface area (Å²) in [4.78, 5) is 2.39. The van der Waals surface area contributed by atoms with Crippen LogP contribution in [-0.2, 0) is 5.41 Å². The van der Waals surface area contributed by atoms with Crippen molar-refractivity contribution in [1.29, 1.82) is 0 Å². The van der Waals surface area contributed by atoms with E-state index < -0.39 is 0 Å². The van der Waals surface area contributed by atoms with Crippen LogP contribution in [0.3, 0.4) is 0 Å². The van der Waals surface area contributed by atoms with Gasteiger partial charge in [-0.05, 0) is 37.7 Å². The van der Waals surface area contributed by atoms with E-state index >= 15 is 0 Å². The van der Waals surface area contributed by atoms with E-state index in [0.717, 1.165) is 12.3 Å². The molecule has 0 saturated carbocycles. The highest BCUT2D eigenvalue weighted by Crippen LogP contribution is 2.33. The third-order valence-electron chi connectivity index (χ3n) is 3.45. The molecule has 2 heteroatoms. The predicted molar refractivity (Wildman–Crippen MR) is 62.5 cm³/mol. The van der Waals surface area contributed by atoms with Crippen LogP contribution in [0.25, 0.3) is 0 Å². The van der Waals surface area contributed by atoms with Crippen LogP contribution in [0.2, 0.25) is 0 Å². The molecule has 1 aromatic carbocycles. The van der Waals surface area contributed by atoms with Gasteiger partial charge in [0, 0.05) is 12.0 Å². The fourth-order valence-electron chi connectivity index (χ4n) is 2.42. The normalized spacial score (nSPS) is 26.9. The van der Waals surface area contributed by atoms with Gasteiger partial charge in [-0.15, -0.1) is 0 Å². The molecule has 0 aromatic heterocycles. The van der Waals surface area contributed by atoms with E-state index in [1.54, 1.807) is 7.11 Å². The van der Waals surface area contributed by atoms with E-state index in [4.69, 9.17) is 4.74 Å². The lowest BCUT2D eigenvalue weighted by Crippen LogP contribution is -2.25. The van der Waals surface area contributed by atoms with Gasteiger partial charge >= 0.3 is 0 Å². The van der Waals surface area contributed by atoms with Gasteiger partial charge in [0.25, 0.3) is 0 Å². The predicted octanol–water partition coefficient (Wildman–Crippen LogP) is 2.29. The molecule has 0 spiro atoms. The molecular formula is C13H19NO. The lowest BCUT2D eigenvalue weighted by molar-refractivity contribution is 0.381. The Morgan fingerprint density at radius 2 is 1.93 bits per heavy atom. The molecule has 1 aliphatic rings. The zero-order valence-electron chi connectivity index (χ0n) is 9.79. The summed E-state index contributed by atoms with van der Waals surface area (Å²) in [6.07, 6.45) is 1.25. The molecule has 1 aromatic rings. The standard InChI is InChI=1S/C13H19NO/c1-13(8-9-14(2)10-13)11-4-6-12(15-3)7-5-11/h4-7H,8-10H2,1-3H3. The molecule has 1 aliphatic heterocycles. The SMILES string of the molecule is COc1ccc(C2(C)CCN(C)C2)cc1. The summed E-state index contributed by atoms with van der Waals surface area (Å²) in [5, 5.41) is 0. The van der Waals surface area contributed by atoms with Crippen molar-refractivity contribution in [1.82, 2.24) is 4.90 Å². The minimum Gasteiger partial charge on any atom is -0.497 e. The Morgan fingerprint density at radius 1 is 1.27 bits per heavy atom. The van der Waals surface area contributed by atoms with Crippen LogP contribution in [0.5, 0.6) is 5.75 Å². The second-order valence-electron chi connectivity index (χ2n) is 4.78. The molecule has 1 atom stereocenters. The Kier molecular flexibility index (Phi) is 2.70. The monoisotopic (exact) mass is 205 g/mol. The lowest BCUT2D eigenvalue weighted by Gasteiger charge is -2.24. The van der Waals surface area contributed by atoms with Crippen molar-refractivity contribution in [2.75, 3.05) is 27.2 Å². The maximum absolute atomic E-state index is 5.18. The molecule has 82 valence electrons. The third-order valence-corrected chi connectivity index (χ3v) is 3.45. The first-order chi connectivity index (χ1) is 7.14. The maximum atomic E-state index is 5.18. The highest BCUT2D eigenvalue weighted by atomic mass is 16.5. The number of ether oxygens (including phenoxy) is 1. The Labute approximate surface area is 91.9 Å².